The molecule has 0 saturated carbocycles. The summed E-state index contributed by atoms with van der Waals surface area (Å²) in [7, 11) is 1.66. The van der Waals surface area contributed by atoms with Gasteiger partial charge in [-0.1, -0.05) is 12.1 Å². The molecule has 0 aliphatic carbocycles. The van der Waals surface area contributed by atoms with Crippen molar-refractivity contribution in [2.24, 2.45) is 0 Å². The zero-order valence-electron chi connectivity index (χ0n) is 11.4. The molecule has 1 unspecified atom stereocenters. The molecule has 2 aromatic rings. The molecule has 0 saturated heterocycles. The Bertz CT molecular complexity index is 542. The standard InChI is InChI=1S/C16H18BrNO2/c1-20-16-6-3-12(4-7-16)2-5-15(19)9-13-8-14(17)11-18-10-13/h3-4,6-8,10-11,15,19H,2,5,9H2,1H3. The van der Waals surface area contributed by atoms with Gasteiger partial charge in [-0.05, 0) is 64.5 Å². The van der Waals surface area contributed by atoms with Gasteiger partial charge < -0.3 is 9.84 Å². The van der Waals surface area contributed by atoms with E-state index < -0.39 is 0 Å². The van der Waals surface area contributed by atoms with Crippen molar-refractivity contribution in [3.05, 3.63) is 58.3 Å². The van der Waals surface area contributed by atoms with E-state index in [1.54, 1.807) is 19.5 Å². The highest BCUT2D eigenvalue weighted by Gasteiger charge is 2.07. The van der Waals surface area contributed by atoms with Crippen LogP contribution in [-0.4, -0.2) is 23.3 Å². The van der Waals surface area contributed by atoms with E-state index in [0.29, 0.717) is 6.42 Å². The minimum absolute atomic E-state index is 0.354. The first kappa shape index (κ1) is 15.0. The van der Waals surface area contributed by atoms with Gasteiger partial charge in [-0.3, -0.25) is 4.98 Å². The largest absolute Gasteiger partial charge is 0.497 e. The van der Waals surface area contributed by atoms with Crippen LogP contribution in [0.3, 0.4) is 0 Å². The van der Waals surface area contributed by atoms with Crippen LogP contribution in [-0.2, 0) is 12.8 Å². The summed E-state index contributed by atoms with van der Waals surface area (Å²) in [6.07, 6.45) is 5.40. The number of aliphatic hydroxyl groups excluding tert-OH is 1. The van der Waals surface area contributed by atoms with Gasteiger partial charge in [-0.25, -0.2) is 0 Å². The Hall–Kier alpha value is -1.39. The quantitative estimate of drug-likeness (QED) is 0.879. The van der Waals surface area contributed by atoms with Crippen molar-refractivity contribution in [3.63, 3.8) is 0 Å². The Morgan fingerprint density at radius 2 is 1.95 bits per heavy atom. The van der Waals surface area contributed by atoms with Gasteiger partial charge in [0.1, 0.15) is 5.75 Å². The maximum absolute atomic E-state index is 10.1. The summed E-state index contributed by atoms with van der Waals surface area (Å²) < 4.78 is 6.07. The van der Waals surface area contributed by atoms with Crippen molar-refractivity contribution < 1.29 is 9.84 Å². The van der Waals surface area contributed by atoms with Crippen LogP contribution >= 0.6 is 15.9 Å². The molecule has 106 valence electrons. The summed E-state index contributed by atoms with van der Waals surface area (Å²) in [6, 6.07) is 9.95. The molecular weight excluding hydrogens is 318 g/mol. The Kier molecular flexibility index (Phi) is 5.56. The average Bonchev–Trinajstić information content (AvgIpc) is 2.46. The van der Waals surface area contributed by atoms with E-state index in [9.17, 15) is 5.11 Å². The molecule has 0 amide bonds. The van der Waals surface area contributed by atoms with Crippen molar-refractivity contribution >= 4 is 15.9 Å². The van der Waals surface area contributed by atoms with Crippen LogP contribution < -0.4 is 4.74 Å². The first-order valence-corrected chi connectivity index (χ1v) is 7.37. The van der Waals surface area contributed by atoms with Gasteiger partial charge in [-0.15, -0.1) is 0 Å². The Morgan fingerprint density at radius 1 is 1.20 bits per heavy atom. The fourth-order valence-electron chi connectivity index (χ4n) is 2.07. The highest BCUT2D eigenvalue weighted by Crippen LogP contribution is 2.15. The second-order valence-corrected chi connectivity index (χ2v) is 5.67. The van der Waals surface area contributed by atoms with E-state index in [1.807, 2.05) is 30.3 Å². The lowest BCUT2D eigenvalue weighted by Crippen LogP contribution is -2.11. The van der Waals surface area contributed by atoms with Crippen molar-refractivity contribution in [1.29, 1.82) is 0 Å². The Balaban J connectivity index is 1.83. The molecule has 3 nitrogen and oxygen atoms in total. The normalized spacial score (nSPS) is 12.2. The highest BCUT2D eigenvalue weighted by molar-refractivity contribution is 9.10. The van der Waals surface area contributed by atoms with Crippen molar-refractivity contribution in [1.82, 2.24) is 4.98 Å². The van der Waals surface area contributed by atoms with Crippen LogP contribution in [0.25, 0.3) is 0 Å². The zero-order valence-corrected chi connectivity index (χ0v) is 13.0. The van der Waals surface area contributed by atoms with Gasteiger partial charge in [0.2, 0.25) is 0 Å². The molecule has 2 rings (SSSR count). The van der Waals surface area contributed by atoms with Crippen LogP contribution in [0.15, 0.2) is 47.2 Å². The average molecular weight is 336 g/mol. The smallest absolute Gasteiger partial charge is 0.118 e. The van der Waals surface area contributed by atoms with E-state index in [-0.39, 0.29) is 6.10 Å². The van der Waals surface area contributed by atoms with Gasteiger partial charge in [0.05, 0.1) is 13.2 Å². The zero-order chi connectivity index (χ0) is 14.4. The molecule has 0 fully saturated rings. The number of hydrogen-bond donors (Lipinski definition) is 1. The number of aliphatic hydroxyl groups is 1. The van der Waals surface area contributed by atoms with Gasteiger partial charge in [0.15, 0.2) is 0 Å². The first-order chi connectivity index (χ1) is 9.67. The summed E-state index contributed by atoms with van der Waals surface area (Å²) in [5.74, 6) is 0.856. The monoisotopic (exact) mass is 335 g/mol. The van der Waals surface area contributed by atoms with Gasteiger partial charge in [0.25, 0.3) is 0 Å². The summed E-state index contributed by atoms with van der Waals surface area (Å²) >= 11 is 3.39. The number of methoxy groups -OCH3 is 1. The van der Waals surface area contributed by atoms with Crippen LogP contribution in [0.1, 0.15) is 17.5 Å². The van der Waals surface area contributed by atoms with E-state index >= 15 is 0 Å². The molecule has 4 heteroatoms. The molecule has 20 heavy (non-hydrogen) atoms. The summed E-state index contributed by atoms with van der Waals surface area (Å²) in [6.45, 7) is 0. The fraction of sp³-hybridized carbons (Fsp3) is 0.312. The molecule has 1 aromatic carbocycles. The summed E-state index contributed by atoms with van der Waals surface area (Å²) in [5, 5.41) is 10.1. The van der Waals surface area contributed by atoms with Crippen molar-refractivity contribution in [2.75, 3.05) is 7.11 Å². The first-order valence-electron chi connectivity index (χ1n) is 6.58. The van der Waals surface area contributed by atoms with Crippen molar-refractivity contribution in [2.45, 2.75) is 25.4 Å². The number of hydrogen-bond acceptors (Lipinski definition) is 3. The molecule has 0 bridgehead atoms. The lowest BCUT2D eigenvalue weighted by atomic mass is 10.0. The topological polar surface area (TPSA) is 42.4 Å². The van der Waals surface area contributed by atoms with Crippen LogP contribution in [0.2, 0.25) is 0 Å². The molecule has 0 aliphatic rings. The van der Waals surface area contributed by atoms with Gasteiger partial charge >= 0.3 is 0 Å². The lowest BCUT2D eigenvalue weighted by molar-refractivity contribution is 0.165. The lowest BCUT2D eigenvalue weighted by Gasteiger charge is -2.11. The minimum Gasteiger partial charge on any atom is -0.497 e. The maximum atomic E-state index is 10.1. The van der Waals surface area contributed by atoms with E-state index in [1.165, 1.54) is 5.56 Å². The number of pyridine rings is 1. The second-order valence-electron chi connectivity index (χ2n) is 4.76. The molecule has 1 N–H and O–H groups in total. The number of aromatic nitrogens is 1. The van der Waals surface area contributed by atoms with Crippen LogP contribution in [0.4, 0.5) is 0 Å². The van der Waals surface area contributed by atoms with Crippen LogP contribution in [0, 0.1) is 0 Å². The van der Waals surface area contributed by atoms with E-state index in [2.05, 4.69) is 20.9 Å². The SMILES string of the molecule is COc1ccc(CCC(O)Cc2cncc(Br)c2)cc1. The molecule has 1 heterocycles. The number of ether oxygens (including phenoxy) is 1. The Labute approximate surface area is 127 Å². The van der Waals surface area contributed by atoms with Crippen LogP contribution in [0.5, 0.6) is 5.75 Å². The predicted molar refractivity (Wildman–Crippen MR) is 83.0 cm³/mol. The molecule has 0 spiro atoms. The fourth-order valence-corrected chi connectivity index (χ4v) is 2.48. The number of halogens is 1. The number of benzene rings is 1. The minimum atomic E-state index is -0.354. The Morgan fingerprint density at radius 3 is 2.60 bits per heavy atom. The molecular formula is C16H18BrNO2. The summed E-state index contributed by atoms with van der Waals surface area (Å²) in [5.41, 5.74) is 2.25. The van der Waals surface area contributed by atoms with E-state index in [4.69, 9.17) is 4.74 Å². The summed E-state index contributed by atoms with van der Waals surface area (Å²) in [4.78, 5) is 4.10. The number of aryl methyl sites for hydroxylation is 1. The molecule has 1 atom stereocenters. The van der Waals surface area contributed by atoms with Gasteiger partial charge in [-0.2, -0.15) is 0 Å². The van der Waals surface area contributed by atoms with E-state index in [0.717, 1.165) is 28.6 Å². The number of rotatable bonds is 6. The third kappa shape index (κ3) is 4.62. The molecule has 0 aliphatic heterocycles. The maximum Gasteiger partial charge on any atom is 0.118 e. The number of nitrogens with zero attached hydrogens (tertiary/aromatic N) is 1. The third-order valence-electron chi connectivity index (χ3n) is 3.16. The molecule has 1 aromatic heterocycles. The second kappa shape index (κ2) is 7.41. The third-order valence-corrected chi connectivity index (χ3v) is 3.59. The highest BCUT2D eigenvalue weighted by atomic mass is 79.9. The molecule has 0 radical (unpaired) electrons. The van der Waals surface area contributed by atoms with Gasteiger partial charge in [0, 0.05) is 16.9 Å². The van der Waals surface area contributed by atoms with Crippen molar-refractivity contribution in [3.8, 4) is 5.75 Å². The predicted octanol–water partition coefficient (Wildman–Crippen LogP) is 3.39.